The number of benzene rings is 1. The highest BCUT2D eigenvalue weighted by Gasteiger charge is 2.05. The molecule has 0 radical (unpaired) electrons. The summed E-state index contributed by atoms with van der Waals surface area (Å²) in [6.07, 6.45) is 0. The fourth-order valence-electron chi connectivity index (χ4n) is 0.719. The van der Waals surface area contributed by atoms with Gasteiger partial charge in [-0.05, 0) is 20.9 Å². The third-order valence-corrected chi connectivity index (χ3v) is 2.35. The zero-order valence-electron chi connectivity index (χ0n) is 5.48. The van der Waals surface area contributed by atoms with Crippen LogP contribution in [0.3, 0.4) is 0 Å². The summed E-state index contributed by atoms with van der Waals surface area (Å²) >= 11 is 3.07. The van der Waals surface area contributed by atoms with Crippen molar-refractivity contribution in [2.45, 2.75) is 5.75 Å². The molecule has 0 saturated heterocycles. The summed E-state index contributed by atoms with van der Waals surface area (Å²) in [5, 5.41) is 0. The molecule has 1 aromatic carbocycles. The maximum absolute atomic E-state index is 12.8. The first-order valence-corrected chi connectivity index (χ1v) is 5.75. The van der Waals surface area contributed by atoms with Gasteiger partial charge in [-0.3, -0.25) is 0 Å². The van der Waals surface area contributed by atoms with Crippen molar-refractivity contribution in [1.29, 1.82) is 0 Å². The van der Waals surface area contributed by atoms with Crippen LogP contribution in [0, 0.1) is 11.6 Å². The van der Waals surface area contributed by atoms with Crippen molar-refractivity contribution >= 4 is 25.0 Å². The van der Waals surface area contributed by atoms with E-state index in [2.05, 4.69) is 14.8 Å². The molecule has 0 fully saturated rings. The SMILES string of the molecule is Fc1cccc(CSBr)c1F. The first-order chi connectivity index (χ1) is 5.25. The summed E-state index contributed by atoms with van der Waals surface area (Å²) < 4.78 is 25.3. The topological polar surface area (TPSA) is 0 Å². The molecule has 0 N–H and O–H groups in total. The van der Waals surface area contributed by atoms with Gasteiger partial charge in [0.1, 0.15) is 0 Å². The summed E-state index contributed by atoms with van der Waals surface area (Å²) in [6, 6.07) is 4.17. The quantitative estimate of drug-likeness (QED) is 0.760. The minimum absolute atomic E-state index is 0.381. The minimum atomic E-state index is -0.788. The Morgan fingerprint density at radius 1 is 1.36 bits per heavy atom. The van der Waals surface area contributed by atoms with Crippen LogP contribution >= 0.6 is 25.0 Å². The normalized spacial score (nSPS) is 10.1. The van der Waals surface area contributed by atoms with Gasteiger partial charge in [0.2, 0.25) is 0 Å². The molecule has 60 valence electrons. The highest BCUT2D eigenvalue weighted by molar-refractivity contribution is 9.50. The second-order valence-corrected chi connectivity index (χ2v) is 3.85. The van der Waals surface area contributed by atoms with Crippen LogP contribution in [-0.2, 0) is 5.75 Å². The van der Waals surface area contributed by atoms with E-state index in [0.29, 0.717) is 11.3 Å². The molecule has 0 nitrogen and oxygen atoms in total. The highest BCUT2D eigenvalue weighted by atomic mass is 79.9. The van der Waals surface area contributed by atoms with Gasteiger partial charge in [0, 0.05) is 11.3 Å². The van der Waals surface area contributed by atoms with Gasteiger partial charge in [-0.2, -0.15) is 0 Å². The average Bonchev–Trinajstić information content (AvgIpc) is 1.99. The molecule has 11 heavy (non-hydrogen) atoms. The number of hydrogen-bond acceptors (Lipinski definition) is 1. The molecule has 0 unspecified atom stereocenters. The minimum Gasteiger partial charge on any atom is -0.204 e. The van der Waals surface area contributed by atoms with E-state index in [0.717, 1.165) is 6.07 Å². The van der Waals surface area contributed by atoms with E-state index in [-0.39, 0.29) is 0 Å². The molecule has 0 aliphatic carbocycles. The van der Waals surface area contributed by atoms with Crippen LogP contribution in [0.25, 0.3) is 0 Å². The Hall–Kier alpha value is -0.0900. The van der Waals surface area contributed by atoms with Crippen LogP contribution in [0.1, 0.15) is 5.56 Å². The lowest BCUT2D eigenvalue weighted by Gasteiger charge is -1.99. The zero-order valence-corrected chi connectivity index (χ0v) is 7.88. The van der Waals surface area contributed by atoms with Crippen molar-refractivity contribution in [3.8, 4) is 0 Å². The molecule has 0 heterocycles. The van der Waals surface area contributed by atoms with Gasteiger partial charge in [0.05, 0.1) is 0 Å². The van der Waals surface area contributed by atoms with Gasteiger partial charge < -0.3 is 0 Å². The van der Waals surface area contributed by atoms with Crippen molar-refractivity contribution in [1.82, 2.24) is 0 Å². The van der Waals surface area contributed by atoms with Crippen molar-refractivity contribution in [2.24, 2.45) is 0 Å². The van der Waals surface area contributed by atoms with Gasteiger partial charge in [-0.15, -0.1) is 0 Å². The lowest BCUT2D eigenvalue weighted by atomic mass is 10.2. The maximum atomic E-state index is 12.8. The van der Waals surface area contributed by atoms with Crippen molar-refractivity contribution in [2.75, 3.05) is 0 Å². The Labute approximate surface area is 75.2 Å². The van der Waals surface area contributed by atoms with Crippen LogP contribution in [0.4, 0.5) is 8.78 Å². The average molecular weight is 239 g/mol. The van der Waals surface area contributed by atoms with Crippen LogP contribution in [0.15, 0.2) is 18.2 Å². The van der Waals surface area contributed by atoms with Crippen LogP contribution in [0.5, 0.6) is 0 Å². The van der Waals surface area contributed by atoms with E-state index in [4.69, 9.17) is 0 Å². The standard InChI is InChI=1S/C7H5BrF2S/c8-11-4-5-2-1-3-6(9)7(5)10/h1-3H,4H2. The molecular formula is C7H5BrF2S. The van der Waals surface area contributed by atoms with E-state index in [9.17, 15) is 8.78 Å². The molecule has 0 saturated carbocycles. The van der Waals surface area contributed by atoms with Gasteiger partial charge in [0.15, 0.2) is 11.6 Å². The summed E-state index contributed by atoms with van der Waals surface area (Å²) in [5.74, 6) is -1.10. The Morgan fingerprint density at radius 2 is 2.09 bits per heavy atom. The summed E-state index contributed by atoms with van der Waals surface area (Å²) in [4.78, 5) is 0. The highest BCUT2D eigenvalue weighted by Crippen LogP contribution is 2.21. The van der Waals surface area contributed by atoms with Crippen LogP contribution < -0.4 is 0 Å². The lowest BCUT2D eigenvalue weighted by molar-refractivity contribution is 0.502. The molecule has 0 spiro atoms. The number of hydrogen-bond donors (Lipinski definition) is 0. The van der Waals surface area contributed by atoms with Gasteiger partial charge in [-0.25, -0.2) is 8.78 Å². The van der Waals surface area contributed by atoms with Gasteiger partial charge in [-0.1, -0.05) is 22.3 Å². The zero-order chi connectivity index (χ0) is 8.27. The van der Waals surface area contributed by atoms with Gasteiger partial charge >= 0.3 is 0 Å². The second kappa shape index (κ2) is 4.07. The molecule has 1 rings (SSSR count). The van der Waals surface area contributed by atoms with E-state index in [1.807, 2.05) is 0 Å². The third-order valence-electron chi connectivity index (χ3n) is 1.24. The molecule has 4 heteroatoms. The Bertz CT molecular complexity index is 252. The number of rotatable bonds is 2. The van der Waals surface area contributed by atoms with E-state index in [1.54, 1.807) is 6.07 Å². The van der Waals surface area contributed by atoms with Crippen LogP contribution in [0.2, 0.25) is 0 Å². The molecule has 1 aromatic rings. The number of halogens is 3. The van der Waals surface area contributed by atoms with Gasteiger partial charge in [0.25, 0.3) is 0 Å². The smallest absolute Gasteiger partial charge is 0.162 e. The first kappa shape index (κ1) is 9.00. The Morgan fingerprint density at radius 3 is 2.73 bits per heavy atom. The Balaban J connectivity index is 2.96. The molecule has 0 aliphatic heterocycles. The predicted molar refractivity (Wildman–Crippen MR) is 46.6 cm³/mol. The molecule has 0 aliphatic rings. The van der Waals surface area contributed by atoms with Crippen molar-refractivity contribution < 1.29 is 8.78 Å². The molecule has 0 amide bonds. The monoisotopic (exact) mass is 238 g/mol. The lowest BCUT2D eigenvalue weighted by Crippen LogP contribution is -1.90. The fraction of sp³-hybridized carbons (Fsp3) is 0.143. The predicted octanol–water partition coefficient (Wildman–Crippen LogP) is 3.51. The van der Waals surface area contributed by atoms with E-state index < -0.39 is 11.6 Å². The molecule has 0 bridgehead atoms. The van der Waals surface area contributed by atoms with Crippen LogP contribution in [-0.4, -0.2) is 0 Å². The third kappa shape index (κ3) is 2.17. The largest absolute Gasteiger partial charge is 0.204 e. The fourth-order valence-corrected chi connectivity index (χ4v) is 1.80. The second-order valence-electron chi connectivity index (χ2n) is 1.97. The van der Waals surface area contributed by atoms with Crippen molar-refractivity contribution in [3.63, 3.8) is 0 Å². The van der Waals surface area contributed by atoms with E-state index in [1.165, 1.54) is 16.3 Å². The molecular weight excluding hydrogens is 234 g/mol. The summed E-state index contributed by atoms with van der Waals surface area (Å²) in [5.41, 5.74) is 0.381. The first-order valence-electron chi connectivity index (χ1n) is 2.92. The summed E-state index contributed by atoms with van der Waals surface area (Å²) in [6.45, 7) is 0. The summed E-state index contributed by atoms with van der Waals surface area (Å²) in [7, 11) is 1.28. The maximum Gasteiger partial charge on any atom is 0.162 e. The Kier molecular flexibility index (Phi) is 3.33. The molecule has 0 atom stereocenters. The van der Waals surface area contributed by atoms with E-state index >= 15 is 0 Å². The van der Waals surface area contributed by atoms with Crippen molar-refractivity contribution in [3.05, 3.63) is 35.4 Å². The molecule has 0 aromatic heterocycles.